The summed E-state index contributed by atoms with van der Waals surface area (Å²) in [5.41, 5.74) is 15.8. The molecule has 2 aromatic heterocycles. The number of morpholine rings is 1. The number of nitrogens with two attached hydrogens (primary N) is 2. The average molecular weight is 506 g/mol. The summed E-state index contributed by atoms with van der Waals surface area (Å²) >= 11 is 0. The van der Waals surface area contributed by atoms with Crippen LogP contribution in [0.25, 0.3) is 5.70 Å². The highest BCUT2D eigenvalue weighted by Crippen LogP contribution is 2.25. The normalized spacial score (nSPS) is 17.0. The number of aromatic nitrogens is 2. The van der Waals surface area contributed by atoms with Crippen LogP contribution in [0.3, 0.4) is 0 Å². The predicted octanol–water partition coefficient (Wildman–Crippen LogP) is 3.02. The standard InChI is InChI=1S/C27H35N7O3/c1-6-37-25(30)23(34-9-10-36-15-17(34)2)13-22(29)21-12-20(14-32-18(21)3)33-26(35)19-7-8-31-24(11-19)27(4,5)16-28/h7-8,11-14,17H,6,9-10,15,29-30H2,1-5H3,(H,33,35)/b22-13-,25-23-. The number of amides is 1. The van der Waals surface area contributed by atoms with Gasteiger partial charge in [-0.15, -0.1) is 0 Å². The number of hydrogen-bond donors (Lipinski definition) is 3. The predicted molar refractivity (Wildman–Crippen MR) is 142 cm³/mol. The minimum absolute atomic E-state index is 0.0907. The van der Waals surface area contributed by atoms with Crippen LogP contribution < -0.4 is 16.8 Å². The van der Waals surface area contributed by atoms with Crippen LogP contribution in [0.1, 0.15) is 55.0 Å². The van der Waals surface area contributed by atoms with Gasteiger partial charge in [0, 0.05) is 41.3 Å². The van der Waals surface area contributed by atoms with E-state index in [2.05, 4.69) is 26.3 Å². The fraction of sp³-hybridized carbons (Fsp3) is 0.407. The van der Waals surface area contributed by atoms with E-state index in [4.69, 9.17) is 20.9 Å². The van der Waals surface area contributed by atoms with Gasteiger partial charge in [0.15, 0.2) is 0 Å². The number of anilines is 1. The van der Waals surface area contributed by atoms with Crippen molar-refractivity contribution >= 4 is 17.3 Å². The van der Waals surface area contributed by atoms with Gasteiger partial charge in [-0.2, -0.15) is 5.26 Å². The Kier molecular flexibility index (Phi) is 8.73. The minimum Gasteiger partial charge on any atom is -0.478 e. The molecule has 3 heterocycles. The van der Waals surface area contributed by atoms with Gasteiger partial charge in [-0.3, -0.25) is 14.8 Å². The van der Waals surface area contributed by atoms with Crippen molar-refractivity contribution in [1.29, 1.82) is 5.26 Å². The lowest BCUT2D eigenvalue weighted by Crippen LogP contribution is -2.43. The van der Waals surface area contributed by atoms with Gasteiger partial charge < -0.3 is 31.2 Å². The Morgan fingerprint density at radius 3 is 2.81 bits per heavy atom. The first kappa shape index (κ1) is 27.5. The SMILES string of the molecule is CCO/C(N)=C(/C=C(\N)c1cc(NC(=O)c2ccnc(C(C)(C)C#N)c2)cnc1C)N1CCOCC1C. The topological polar surface area (TPSA) is 152 Å². The molecular weight excluding hydrogens is 470 g/mol. The number of nitriles is 1. The first-order valence-corrected chi connectivity index (χ1v) is 12.2. The van der Waals surface area contributed by atoms with Gasteiger partial charge in [0.05, 0.1) is 54.6 Å². The molecule has 3 rings (SSSR count). The van der Waals surface area contributed by atoms with Crippen molar-refractivity contribution in [3.8, 4) is 6.07 Å². The van der Waals surface area contributed by atoms with Crippen molar-refractivity contribution in [3.63, 3.8) is 0 Å². The molecule has 1 fully saturated rings. The van der Waals surface area contributed by atoms with Gasteiger partial charge in [-0.05, 0) is 58.9 Å². The van der Waals surface area contributed by atoms with Crippen molar-refractivity contribution in [2.24, 2.45) is 11.5 Å². The molecule has 10 nitrogen and oxygen atoms in total. The Balaban J connectivity index is 1.91. The van der Waals surface area contributed by atoms with Crippen LogP contribution in [0.4, 0.5) is 5.69 Å². The fourth-order valence-electron chi connectivity index (χ4n) is 3.90. The zero-order valence-electron chi connectivity index (χ0n) is 22.0. The van der Waals surface area contributed by atoms with E-state index in [0.717, 1.165) is 0 Å². The van der Waals surface area contributed by atoms with Crippen molar-refractivity contribution < 1.29 is 14.3 Å². The van der Waals surface area contributed by atoms with E-state index in [1.165, 1.54) is 6.20 Å². The molecule has 0 radical (unpaired) electrons. The van der Waals surface area contributed by atoms with E-state index in [1.807, 2.05) is 20.8 Å². The lowest BCUT2D eigenvalue weighted by molar-refractivity contribution is 0.0157. The molecule has 0 bridgehead atoms. The maximum absolute atomic E-state index is 13.0. The van der Waals surface area contributed by atoms with E-state index in [9.17, 15) is 10.1 Å². The Labute approximate surface area is 218 Å². The van der Waals surface area contributed by atoms with Crippen molar-refractivity contribution in [3.05, 3.63) is 70.8 Å². The minimum atomic E-state index is -0.819. The number of rotatable bonds is 8. The zero-order chi connectivity index (χ0) is 27.2. The molecule has 196 valence electrons. The van der Waals surface area contributed by atoms with E-state index >= 15 is 0 Å². The lowest BCUT2D eigenvalue weighted by Gasteiger charge is -2.36. The van der Waals surface area contributed by atoms with Crippen LogP contribution in [0.15, 0.2) is 48.2 Å². The highest BCUT2D eigenvalue weighted by Gasteiger charge is 2.24. The molecule has 1 aliphatic rings. The van der Waals surface area contributed by atoms with Crippen molar-refractivity contribution in [1.82, 2.24) is 14.9 Å². The molecule has 37 heavy (non-hydrogen) atoms. The third-order valence-corrected chi connectivity index (χ3v) is 6.12. The van der Waals surface area contributed by atoms with Gasteiger partial charge >= 0.3 is 0 Å². The summed E-state index contributed by atoms with van der Waals surface area (Å²) in [7, 11) is 0. The van der Waals surface area contributed by atoms with Crippen LogP contribution in [-0.2, 0) is 14.9 Å². The summed E-state index contributed by atoms with van der Waals surface area (Å²) in [6, 6.07) is 7.27. The Bertz CT molecular complexity index is 1250. The number of hydrogen-bond acceptors (Lipinski definition) is 9. The van der Waals surface area contributed by atoms with E-state index < -0.39 is 5.41 Å². The smallest absolute Gasteiger partial charge is 0.255 e. The van der Waals surface area contributed by atoms with Gasteiger partial charge in [-0.1, -0.05) is 0 Å². The van der Waals surface area contributed by atoms with Crippen LogP contribution in [0.2, 0.25) is 0 Å². The monoisotopic (exact) mass is 505 g/mol. The highest BCUT2D eigenvalue weighted by molar-refractivity contribution is 6.04. The largest absolute Gasteiger partial charge is 0.478 e. The molecule has 1 aliphatic heterocycles. The number of ether oxygens (including phenoxy) is 2. The fourth-order valence-corrected chi connectivity index (χ4v) is 3.90. The molecule has 5 N–H and O–H groups in total. The molecule has 0 aromatic carbocycles. The maximum atomic E-state index is 13.0. The first-order valence-electron chi connectivity index (χ1n) is 12.2. The third-order valence-electron chi connectivity index (χ3n) is 6.12. The van der Waals surface area contributed by atoms with Crippen molar-refractivity contribution in [2.45, 2.75) is 46.1 Å². The van der Waals surface area contributed by atoms with E-state index in [0.29, 0.717) is 66.0 Å². The number of nitrogens with one attached hydrogen (secondary N) is 1. The summed E-state index contributed by atoms with van der Waals surface area (Å²) in [5, 5.41) is 12.3. The van der Waals surface area contributed by atoms with Crippen LogP contribution >= 0.6 is 0 Å². The van der Waals surface area contributed by atoms with Gasteiger partial charge in [-0.25, -0.2) is 0 Å². The second-order valence-electron chi connectivity index (χ2n) is 9.38. The molecule has 0 saturated carbocycles. The summed E-state index contributed by atoms with van der Waals surface area (Å²) in [4.78, 5) is 23.8. The first-order chi connectivity index (χ1) is 17.6. The molecular formula is C27H35N7O3. The lowest BCUT2D eigenvalue weighted by atomic mass is 9.90. The second kappa shape index (κ2) is 11.8. The Morgan fingerprint density at radius 1 is 1.38 bits per heavy atom. The third kappa shape index (κ3) is 6.57. The number of allylic oxidation sites excluding steroid dienone is 1. The summed E-state index contributed by atoms with van der Waals surface area (Å²) in [5.74, 6) is -0.0667. The molecule has 1 saturated heterocycles. The van der Waals surface area contributed by atoms with Crippen LogP contribution in [-0.4, -0.2) is 53.2 Å². The Morgan fingerprint density at radius 2 is 2.14 bits per heavy atom. The molecule has 2 aromatic rings. The number of aryl methyl sites for hydroxylation is 1. The molecule has 0 spiro atoms. The zero-order valence-corrected chi connectivity index (χ0v) is 22.0. The quantitative estimate of drug-likeness (QED) is 0.363. The number of carbonyl (C=O) groups excluding carboxylic acids is 1. The number of carbonyl (C=O) groups is 1. The average Bonchev–Trinajstić information content (AvgIpc) is 2.89. The van der Waals surface area contributed by atoms with Gasteiger partial charge in [0.2, 0.25) is 5.88 Å². The summed E-state index contributed by atoms with van der Waals surface area (Å²) in [6.45, 7) is 11.5. The molecule has 1 unspecified atom stereocenters. The van der Waals surface area contributed by atoms with Crippen molar-refractivity contribution in [2.75, 3.05) is 31.7 Å². The highest BCUT2D eigenvalue weighted by atomic mass is 16.5. The van der Waals surface area contributed by atoms with E-state index in [-0.39, 0.29) is 17.8 Å². The molecule has 0 aliphatic carbocycles. The number of nitrogens with zero attached hydrogens (tertiary/aromatic N) is 4. The molecule has 10 heteroatoms. The summed E-state index contributed by atoms with van der Waals surface area (Å²) in [6.07, 6.45) is 4.87. The van der Waals surface area contributed by atoms with Crippen LogP contribution in [0, 0.1) is 18.3 Å². The Hall–Kier alpha value is -4.10. The summed E-state index contributed by atoms with van der Waals surface area (Å²) < 4.78 is 11.2. The van der Waals surface area contributed by atoms with Gasteiger partial charge in [0.1, 0.15) is 0 Å². The molecule has 1 amide bonds. The molecule has 1 atom stereocenters. The van der Waals surface area contributed by atoms with E-state index in [1.54, 1.807) is 44.3 Å². The van der Waals surface area contributed by atoms with Crippen LogP contribution in [0.5, 0.6) is 0 Å². The maximum Gasteiger partial charge on any atom is 0.255 e. The van der Waals surface area contributed by atoms with Gasteiger partial charge in [0.25, 0.3) is 5.91 Å². The second-order valence-corrected chi connectivity index (χ2v) is 9.38. The number of pyridine rings is 2.